The molecular formula is C13H27N. The Bertz CT molecular complexity index is 169. The SMILES string of the molecule is CCC1CCC(NC(C)(C)C)C1CC. The summed E-state index contributed by atoms with van der Waals surface area (Å²) in [5.74, 6) is 1.89. The summed E-state index contributed by atoms with van der Waals surface area (Å²) in [6.45, 7) is 11.5. The zero-order valence-electron chi connectivity index (χ0n) is 10.6. The molecule has 1 aliphatic rings. The molecule has 0 aromatic heterocycles. The average molecular weight is 197 g/mol. The highest BCUT2D eigenvalue weighted by Crippen LogP contribution is 2.37. The van der Waals surface area contributed by atoms with Gasteiger partial charge in [-0.25, -0.2) is 0 Å². The van der Waals surface area contributed by atoms with Crippen LogP contribution < -0.4 is 5.32 Å². The molecule has 0 aromatic carbocycles. The first-order valence-corrected chi connectivity index (χ1v) is 6.25. The summed E-state index contributed by atoms with van der Waals surface area (Å²) in [7, 11) is 0. The van der Waals surface area contributed by atoms with Gasteiger partial charge in [0, 0.05) is 11.6 Å². The Morgan fingerprint density at radius 2 is 1.71 bits per heavy atom. The van der Waals surface area contributed by atoms with Gasteiger partial charge in [-0.3, -0.25) is 0 Å². The molecule has 1 fully saturated rings. The van der Waals surface area contributed by atoms with Crippen molar-refractivity contribution in [2.75, 3.05) is 0 Å². The quantitative estimate of drug-likeness (QED) is 0.729. The molecule has 1 nitrogen and oxygen atoms in total. The van der Waals surface area contributed by atoms with E-state index in [1.807, 2.05) is 0 Å². The third kappa shape index (κ3) is 2.98. The molecule has 1 aliphatic carbocycles. The molecule has 1 N–H and O–H groups in total. The maximum Gasteiger partial charge on any atom is 0.0103 e. The Balaban J connectivity index is 2.54. The predicted octanol–water partition coefficient (Wildman–Crippen LogP) is 3.59. The van der Waals surface area contributed by atoms with E-state index in [0.29, 0.717) is 0 Å². The molecule has 0 aromatic rings. The van der Waals surface area contributed by atoms with Crippen molar-refractivity contribution in [3.63, 3.8) is 0 Å². The van der Waals surface area contributed by atoms with Crippen LogP contribution in [0.2, 0.25) is 0 Å². The lowest BCUT2D eigenvalue weighted by Gasteiger charge is -2.31. The third-order valence-corrected chi connectivity index (χ3v) is 3.58. The Morgan fingerprint density at radius 1 is 1.07 bits per heavy atom. The fraction of sp³-hybridized carbons (Fsp3) is 1.00. The van der Waals surface area contributed by atoms with Gasteiger partial charge in [-0.05, 0) is 45.4 Å². The van der Waals surface area contributed by atoms with Gasteiger partial charge in [0.2, 0.25) is 0 Å². The standard InChI is InChI=1S/C13H27N/c1-6-10-8-9-12(11(10)7-2)14-13(3,4)5/h10-12,14H,6-9H2,1-5H3. The van der Waals surface area contributed by atoms with Crippen LogP contribution in [0.1, 0.15) is 60.3 Å². The van der Waals surface area contributed by atoms with E-state index in [-0.39, 0.29) is 5.54 Å². The molecule has 1 heteroatoms. The summed E-state index contributed by atoms with van der Waals surface area (Å²) in [5, 5.41) is 3.78. The molecular weight excluding hydrogens is 170 g/mol. The molecule has 1 rings (SSSR count). The van der Waals surface area contributed by atoms with Gasteiger partial charge in [-0.1, -0.05) is 26.7 Å². The fourth-order valence-corrected chi connectivity index (χ4v) is 3.01. The first-order chi connectivity index (χ1) is 6.48. The normalized spacial score (nSPS) is 33.6. The molecule has 3 atom stereocenters. The van der Waals surface area contributed by atoms with Gasteiger partial charge in [-0.15, -0.1) is 0 Å². The lowest BCUT2D eigenvalue weighted by molar-refractivity contribution is 0.264. The molecule has 0 aliphatic heterocycles. The van der Waals surface area contributed by atoms with Crippen LogP contribution in [0.25, 0.3) is 0 Å². The third-order valence-electron chi connectivity index (χ3n) is 3.58. The van der Waals surface area contributed by atoms with Gasteiger partial charge < -0.3 is 5.32 Å². The Kier molecular flexibility index (Phi) is 4.00. The maximum absolute atomic E-state index is 3.78. The summed E-state index contributed by atoms with van der Waals surface area (Å²) >= 11 is 0. The lowest BCUT2D eigenvalue weighted by Crippen LogP contribution is -2.45. The molecule has 84 valence electrons. The molecule has 0 saturated heterocycles. The lowest BCUT2D eigenvalue weighted by atomic mass is 9.88. The molecule has 0 bridgehead atoms. The van der Waals surface area contributed by atoms with Crippen LogP contribution in [0.5, 0.6) is 0 Å². The number of rotatable bonds is 3. The highest BCUT2D eigenvalue weighted by atomic mass is 15.0. The van der Waals surface area contributed by atoms with Crippen LogP contribution in [0.3, 0.4) is 0 Å². The summed E-state index contributed by atoms with van der Waals surface area (Å²) < 4.78 is 0. The Labute approximate surface area is 89.7 Å². The summed E-state index contributed by atoms with van der Waals surface area (Å²) in [5.41, 5.74) is 0.278. The minimum Gasteiger partial charge on any atom is -0.309 e. The summed E-state index contributed by atoms with van der Waals surface area (Å²) in [6, 6.07) is 0.768. The van der Waals surface area contributed by atoms with Crippen LogP contribution in [-0.4, -0.2) is 11.6 Å². The Hall–Kier alpha value is -0.0400. The first-order valence-electron chi connectivity index (χ1n) is 6.25. The minimum atomic E-state index is 0.278. The predicted molar refractivity (Wildman–Crippen MR) is 63.5 cm³/mol. The van der Waals surface area contributed by atoms with Crippen LogP contribution in [0, 0.1) is 11.8 Å². The highest BCUT2D eigenvalue weighted by molar-refractivity contribution is 4.91. The van der Waals surface area contributed by atoms with E-state index in [4.69, 9.17) is 0 Å². The van der Waals surface area contributed by atoms with Crippen molar-refractivity contribution in [1.82, 2.24) is 5.32 Å². The molecule has 14 heavy (non-hydrogen) atoms. The minimum absolute atomic E-state index is 0.278. The van der Waals surface area contributed by atoms with E-state index in [9.17, 15) is 0 Å². The van der Waals surface area contributed by atoms with E-state index in [1.54, 1.807) is 0 Å². The zero-order valence-corrected chi connectivity index (χ0v) is 10.6. The molecule has 0 radical (unpaired) electrons. The number of hydrogen-bond donors (Lipinski definition) is 1. The van der Waals surface area contributed by atoms with Crippen molar-refractivity contribution in [3.05, 3.63) is 0 Å². The molecule has 0 spiro atoms. The van der Waals surface area contributed by atoms with E-state index >= 15 is 0 Å². The van der Waals surface area contributed by atoms with Crippen LogP contribution in [0.4, 0.5) is 0 Å². The van der Waals surface area contributed by atoms with Crippen molar-refractivity contribution >= 4 is 0 Å². The topological polar surface area (TPSA) is 12.0 Å². The molecule has 0 amide bonds. The van der Waals surface area contributed by atoms with Gasteiger partial charge in [0.1, 0.15) is 0 Å². The largest absolute Gasteiger partial charge is 0.309 e. The second kappa shape index (κ2) is 4.65. The highest BCUT2D eigenvalue weighted by Gasteiger charge is 2.35. The number of hydrogen-bond acceptors (Lipinski definition) is 1. The summed E-state index contributed by atoms with van der Waals surface area (Å²) in [6.07, 6.45) is 5.52. The van der Waals surface area contributed by atoms with Crippen molar-refractivity contribution in [1.29, 1.82) is 0 Å². The summed E-state index contributed by atoms with van der Waals surface area (Å²) in [4.78, 5) is 0. The zero-order chi connectivity index (χ0) is 10.8. The smallest absolute Gasteiger partial charge is 0.0103 e. The van der Waals surface area contributed by atoms with Crippen molar-refractivity contribution in [2.24, 2.45) is 11.8 Å². The van der Waals surface area contributed by atoms with Crippen LogP contribution in [-0.2, 0) is 0 Å². The van der Waals surface area contributed by atoms with Gasteiger partial charge in [0.05, 0.1) is 0 Å². The Morgan fingerprint density at radius 3 is 2.14 bits per heavy atom. The monoisotopic (exact) mass is 197 g/mol. The van der Waals surface area contributed by atoms with Gasteiger partial charge in [0.25, 0.3) is 0 Å². The first kappa shape index (κ1) is 12.0. The molecule has 3 unspecified atom stereocenters. The van der Waals surface area contributed by atoms with E-state index in [1.165, 1.54) is 25.7 Å². The second-order valence-electron chi connectivity index (χ2n) is 5.82. The van der Waals surface area contributed by atoms with Gasteiger partial charge in [-0.2, -0.15) is 0 Å². The molecule has 0 heterocycles. The maximum atomic E-state index is 3.78. The number of nitrogens with one attached hydrogen (secondary N) is 1. The van der Waals surface area contributed by atoms with Crippen LogP contribution in [0.15, 0.2) is 0 Å². The average Bonchev–Trinajstić information content (AvgIpc) is 2.43. The van der Waals surface area contributed by atoms with E-state index in [0.717, 1.165) is 17.9 Å². The van der Waals surface area contributed by atoms with Crippen molar-refractivity contribution < 1.29 is 0 Å². The van der Waals surface area contributed by atoms with Gasteiger partial charge in [0.15, 0.2) is 0 Å². The van der Waals surface area contributed by atoms with E-state index < -0.39 is 0 Å². The van der Waals surface area contributed by atoms with Crippen molar-refractivity contribution in [3.8, 4) is 0 Å². The van der Waals surface area contributed by atoms with Crippen LogP contribution >= 0.6 is 0 Å². The van der Waals surface area contributed by atoms with E-state index in [2.05, 4.69) is 39.9 Å². The fourth-order valence-electron chi connectivity index (χ4n) is 3.01. The van der Waals surface area contributed by atoms with Gasteiger partial charge >= 0.3 is 0 Å². The van der Waals surface area contributed by atoms with Crippen molar-refractivity contribution in [2.45, 2.75) is 71.9 Å². The molecule has 1 saturated carbocycles. The second-order valence-corrected chi connectivity index (χ2v) is 5.82.